The van der Waals surface area contributed by atoms with Crippen LogP contribution in [0, 0.1) is 0 Å². The van der Waals surface area contributed by atoms with Crippen LogP contribution in [0.25, 0.3) is 33.2 Å². The molecular formula is C26H20N4O3S. The maximum atomic E-state index is 12.8. The molecule has 5 aromatic rings. The molecule has 0 spiro atoms. The molecule has 0 fully saturated rings. The van der Waals surface area contributed by atoms with Gasteiger partial charge in [-0.05, 0) is 53.2 Å². The summed E-state index contributed by atoms with van der Waals surface area (Å²) in [7, 11) is 0. The number of amides is 1. The number of aliphatic carboxylic acids is 1. The number of nitrogens with zero attached hydrogens (tertiary/aromatic N) is 2. The Bertz CT molecular complexity index is 1500. The van der Waals surface area contributed by atoms with Crippen molar-refractivity contribution in [1.29, 1.82) is 0 Å². The van der Waals surface area contributed by atoms with Crippen LogP contribution >= 0.6 is 11.8 Å². The summed E-state index contributed by atoms with van der Waals surface area (Å²) in [6, 6.07) is 21.7. The van der Waals surface area contributed by atoms with Gasteiger partial charge in [-0.25, -0.2) is 9.78 Å². The second-order valence-electron chi connectivity index (χ2n) is 7.74. The van der Waals surface area contributed by atoms with Crippen LogP contribution in [0.15, 0.2) is 90.1 Å². The van der Waals surface area contributed by atoms with Crippen LogP contribution < -0.4 is 5.32 Å². The second-order valence-corrected chi connectivity index (χ2v) is 8.83. The van der Waals surface area contributed by atoms with Gasteiger partial charge in [0.05, 0.1) is 11.0 Å². The van der Waals surface area contributed by atoms with Crippen molar-refractivity contribution in [3.63, 3.8) is 0 Å². The molecule has 2 aromatic heterocycles. The lowest BCUT2D eigenvalue weighted by molar-refractivity contribution is -0.138. The fraction of sp³-hybridized carbons (Fsp3) is 0.0769. The molecule has 0 aliphatic heterocycles. The first-order valence-electron chi connectivity index (χ1n) is 10.6. The smallest absolute Gasteiger partial charge is 0.327 e. The molecule has 0 bridgehead atoms. The number of H-pyrrole nitrogens is 1. The topological polar surface area (TPSA) is 108 Å². The largest absolute Gasteiger partial charge is 0.480 e. The first-order chi connectivity index (χ1) is 16.6. The van der Waals surface area contributed by atoms with Crippen molar-refractivity contribution >= 4 is 45.4 Å². The normalized spacial score (nSPS) is 12.0. The van der Waals surface area contributed by atoms with E-state index in [-0.39, 0.29) is 5.75 Å². The van der Waals surface area contributed by atoms with Crippen LogP contribution in [0.5, 0.6) is 0 Å². The Morgan fingerprint density at radius 1 is 0.971 bits per heavy atom. The van der Waals surface area contributed by atoms with Gasteiger partial charge in [-0.15, -0.1) is 11.8 Å². The number of carbonyl (C=O) groups excluding carboxylic acids is 1. The number of nitrogens with one attached hydrogen (secondary N) is 2. The maximum Gasteiger partial charge on any atom is 0.327 e. The zero-order valence-corrected chi connectivity index (χ0v) is 18.8. The number of fused-ring (bicyclic) bond motifs is 2. The average molecular weight is 469 g/mol. The molecule has 1 atom stereocenters. The zero-order chi connectivity index (χ0) is 23.5. The molecule has 0 radical (unpaired) electrons. The van der Waals surface area contributed by atoms with Crippen LogP contribution in [-0.4, -0.2) is 43.7 Å². The van der Waals surface area contributed by atoms with Crippen LogP contribution in [-0.2, 0) is 4.79 Å². The van der Waals surface area contributed by atoms with Crippen LogP contribution in [0.2, 0.25) is 0 Å². The van der Waals surface area contributed by atoms with Gasteiger partial charge >= 0.3 is 5.97 Å². The molecule has 0 aliphatic rings. The number of hydrogen-bond acceptors (Lipinski definition) is 5. The van der Waals surface area contributed by atoms with Gasteiger partial charge in [-0.3, -0.25) is 9.78 Å². The third-order valence-corrected chi connectivity index (χ3v) is 6.53. The minimum absolute atomic E-state index is 0.206. The van der Waals surface area contributed by atoms with E-state index in [1.807, 2.05) is 54.6 Å². The van der Waals surface area contributed by atoms with Crippen molar-refractivity contribution in [2.75, 3.05) is 5.75 Å². The molecule has 8 heteroatoms. The molecule has 7 nitrogen and oxygen atoms in total. The van der Waals surface area contributed by atoms with Crippen LogP contribution in [0.1, 0.15) is 10.4 Å². The number of aromatic amines is 1. The Hall–Kier alpha value is -4.17. The number of aromatic nitrogens is 3. The number of carboxylic acids is 1. The zero-order valence-electron chi connectivity index (χ0n) is 17.9. The highest BCUT2D eigenvalue weighted by Crippen LogP contribution is 2.25. The van der Waals surface area contributed by atoms with E-state index >= 15 is 0 Å². The van der Waals surface area contributed by atoms with E-state index in [0.29, 0.717) is 22.4 Å². The Morgan fingerprint density at radius 3 is 2.56 bits per heavy atom. The fourth-order valence-electron chi connectivity index (χ4n) is 3.65. The Balaban J connectivity index is 1.30. The summed E-state index contributed by atoms with van der Waals surface area (Å²) in [6.07, 6.45) is 3.37. The first kappa shape index (κ1) is 21.7. The maximum absolute atomic E-state index is 12.8. The monoisotopic (exact) mass is 468 g/mol. The number of imidazole rings is 1. The van der Waals surface area contributed by atoms with Gasteiger partial charge in [0.1, 0.15) is 11.9 Å². The van der Waals surface area contributed by atoms with Crippen molar-refractivity contribution < 1.29 is 14.7 Å². The van der Waals surface area contributed by atoms with E-state index in [9.17, 15) is 14.7 Å². The summed E-state index contributed by atoms with van der Waals surface area (Å²) in [6.45, 7) is 0. The fourth-order valence-corrected chi connectivity index (χ4v) is 4.61. The molecule has 1 amide bonds. The summed E-state index contributed by atoms with van der Waals surface area (Å²) in [5.74, 6) is -0.652. The lowest BCUT2D eigenvalue weighted by Gasteiger charge is -2.14. The quantitative estimate of drug-likeness (QED) is 0.298. The number of hydrogen-bond donors (Lipinski definition) is 3. The molecule has 168 valence electrons. The summed E-state index contributed by atoms with van der Waals surface area (Å²) in [4.78, 5) is 37.4. The molecule has 0 saturated carbocycles. The van der Waals surface area contributed by atoms with Gasteiger partial charge in [0, 0.05) is 34.2 Å². The molecule has 2 heterocycles. The number of benzene rings is 3. The highest BCUT2D eigenvalue weighted by atomic mass is 32.2. The van der Waals surface area contributed by atoms with Gasteiger partial charge in [-0.2, -0.15) is 0 Å². The van der Waals surface area contributed by atoms with E-state index in [4.69, 9.17) is 0 Å². The minimum Gasteiger partial charge on any atom is -0.480 e. The number of carbonyl (C=O) groups is 2. The molecule has 5 rings (SSSR count). The van der Waals surface area contributed by atoms with E-state index in [1.165, 1.54) is 11.8 Å². The number of carboxylic acid groups (broad SMARTS) is 1. The van der Waals surface area contributed by atoms with E-state index in [0.717, 1.165) is 21.2 Å². The SMILES string of the molecule is O=C(NC(CSc1ccc2ccccc2c1)C(=O)O)c1ccc2nc(-c3ccncc3)[nH]c2c1. The standard InChI is InChI=1S/C26H20N4O3S/c31-25(19-6-8-21-22(14-19)29-24(28-21)17-9-11-27-12-10-17)30-23(26(32)33)15-34-20-7-5-16-3-1-2-4-18(16)13-20/h1-14,23H,15H2,(H,28,29)(H,30,31)(H,32,33). The highest BCUT2D eigenvalue weighted by Gasteiger charge is 2.21. The Labute approximate surface area is 199 Å². The van der Waals surface area contributed by atoms with Gasteiger partial charge in [0.25, 0.3) is 5.91 Å². The lowest BCUT2D eigenvalue weighted by Crippen LogP contribution is -2.42. The Kier molecular flexibility index (Phi) is 5.97. The van der Waals surface area contributed by atoms with E-state index in [2.05, 4.69) is 20.3 Å². The molecule has 34 heavy (non-hydrogen) atoms. The van der Waals surface area contributed by atoms with E-state index in [1.54, 1.807) is 30.6 Å². The van der Waals surface area contributed by atoms with Crippen molar-refractivity contribution in [2.45, 2.75) is 10.9 Å². The Morgan fingerprint density at radius 2 is 1.76 bits per heavy atom. The summed E-state index contributed by atoms with van der Waals surface area (Å²) < 4.78 is 0. The van der Waals surface area contributed by atoms with Crippen LogP contribution in [0.3, 0.4) is 0 Å². The molecule has 3 N–H and O–H groups in total. The molecular weight excluding hydrogens is 448 g/mol. The molecule has 1 unspecified atom stereocenters. The van der Waals surface area contributed by atoms with Crippen molar-refractivity contribution in [3.05, 3.63) is 90.8 Å². The highest BCUT2D eigenvalue weighted by molar-refractivity contribution is 7.99. The predicted octanol–water partition coefficient (Wildman–Crippen LogP) is 4.75. The van der Waals surface area contributed by atoms with Crippen LogP contribution in [0.4, 0.5) is 0 Å². The van der Waals surface area contributed by atoms with Crippen molar-refractivity contribution in [2.24, 2.45) is 0 Å². The average Bonchev–Trinajstić information content (AvgIpc) is 3.30. The summed E-state index contributed by atoms with van der Waals surface area (Å²) in [5, 5.41) is 14.5. The van der Waals surface area contributed by atoms with E-state index < -0.39 is 17.9 Å². The van der Waals surface area contributed by atoms with Crippen molar-refractivity contribution in [3.8, 4) is 11.4 Å². The third kappa shape index (κ3) is 4.62. The van der Waals surface area contributed by atoms with Gasteiger partial charge in [0.15, 0.2) is 0 Å². The van der Waals surface area contributed by atoms with Gasteiger partial charge in [0.2, 0.25) is 0 Å². The second kappa shape index (κ2) is 9.36. The molecule has 3 aromatic carbocycles. The number of rotatable bonds is 7. The third-order valence-electron chi connectivity index (χ3n) is 5.44. The predicted molar refractivity (Wildman–Crippen MR) is 133 cm³/mol. The van der Waals surface area contributed by atoms with Crippen molar-refractivity contribution in [1.82, 2.24) is 20.3 Å². The lowest BCUT2D eigenvalue weighted by atomic mass is 10.1. The summed E-state index contributed by atoms with van der Waals surface area (Å²) >= 11 is 1.40. The first-order valence-corrected chi connectivity index (χ1v) is 11.6. The molecule has 0 saturated heterocycles. The summed E-state index contributed by atoms with van der Waals surface area (Å²) in [5.41, 5.74) is 2.65. The molecule has 0 aliphatic carbocycles. The number of pyridine rings is 1. The minimum atomic E-state index is -1.08. The van der Waals surface area contributed by atoms with Gasteiger partial charge in [-0.1, -0.05) is 30.3 Å². The number of thioether (sulfide) groups is 1. The van der Waals surface area contributed by atoms with Gasteiger partial charge < -0.3 is 15.4 Å².